The smallest absolute Gasteiger partial charge is 0.332 e. The molecule has 5 N–H and O–H groups in total. The van der Waals surface area contributed by atoms with Crippen molar-refractivity contribution in [1.29, 1.82) is 0 Å². The number of guanidine groups is 1. The lowest BCUT2D eigenvalue weighted by molar-refractivity contribution is -0.914. The van der Waals surface area contributed by atoms with Gasteiger partial charge in [-0.3, -0.25) is 16.0 Å². The SMILES string of the molecule is C[NH+]1CC[N+](=C(N)N)CC1. The molecule has 0 saturated carbocycles. The van der Waals surface area contributed by atoms with Crippen LogP contribution in [0.25, 0.3) is 0 Å². The standard InChI is InChI=1S/C6H14N4/c1-9-2-4-10(5-3-9)6(7)8/h2-5H2,1H3,(H3,7,8)/p+2. The molecule has 0 radical (unpaired) electrons. The van der Waals surface area contributed by atoms with Gasteiger partial charge < -0.3 is 4.90 Å². The number of nitrogens with one attached hydrogen (secondary N) is 1. The third-order valence-electron chi connectivity index (χ3n) is 1.98. The number of hydrogen-bond donors (Lipinski definition) is 3. The summed E-state index contributed by atoms with van der Waals surface area (Å²) >= 11 is 0. The van der Waals surface area contributed by atoms with E-state index in [4.69, 9.17) is 11.5 Å². The maximum atomic E-state index is 5.42. The molecular weight excluding hydrogens is 128 g/mol. The Morgan fingerprint density at radius 2 is 1.80 bits per heavy atom. The van der Waals surface area contributed by atoms with Gasteiger partial charge in [0.1, 0.15) is 26.2 Å². The Morgan fingerprint density at radius 3 is 2.20 bits per heavy atom. The molecule has 1 saturated heterocycles. The Labute approximate surface area is 61.1 Å². The van der Waals surface area contributed by atoms with E-state index in [0.29, 0.717) is 5.96 Å². The fourth-order valence-corrected chi connectivity index (χ4v) is 1.15. The number of quaternary nitrogens is 1. The van der Waals surface area contributed by atoms with Gasteiger partial charge in [-0.1, -0.05) is 0 Å². The summed E-state index contributed by atoms with van der Waals surface area (Å²) in [5.41, 5.74) is 10.8. The second-order valence-electron chi connectivity index (χ2n) is 2.87. The van der Waals surface area contributed by atoms with E-state index < -0.39 is 0 Å². The molecule has 0 aromatic heterocycles. The van der Waals surface area contributed by atoms with E-state index in [-0.39, 0.29) is 0 Å². The number of rotatable bonds is 0. The molecule has 4 heteroatoms. The van der Waals surface area contributed by atoms with Crippen LogP contribution < -0.4 is 16.4 Å². The van der Waals surface area contributed by atoms with Crippen molar-refractivity contribution in [3.05, 3.63) is 0 Å². The lowest BCUT2D eigenvalue weighted by Crippen LogP contribution is -3.11. The molecule has 0 aromatic rings. The van der Waals surface area contributed by atoms with Gasteiger partial charge >= 0.3 is 5.96 Å². The van der Waals surface area contributed by atoms with E-state index in [1.165, 1.54) is 0 Å². The Kier molecular flexibility index (Phi) is 2.11. The van der Waals surface area contributed by atoms with E-state index in [1.807, 2.05) is 4.58 Å². The van der Waals surface area contributed by atoms with Gasteiger partial charge in [0.05, 0.1) is 7.05 Å². The van der Waals surface area contributed by atoms with Gasteiger partial charge in [0.25, 0.3) is 0 Å². The van der Waals surface area contributed by atoms with E-state index >= 15 is 0 Å². The summed E-state index contributed by atoms with van der Waals surface area (Å²) in [5, 5.41) is 0. The second-order valence-corrected chi connectivity index (χ2v) is 2.87. The van der Waals surface area contributed by atoms with Crippen molar-refractivity contribution in [2.45, 2.75) is 0 Å². The van der Waals surface area contributed by atoms with Crippen molar-refractivity contribution >= 4 is 5.96 Å². The summed E-state index contributed by atoms with van der Waals surface area (Å²) in [5.74, 6) is 0.465. The summed E-state index contributed by atoms with van der Waals surface area (Å²) in [7, 11) is 2.18. The Bertz CT molecular complexity index is 138. The summed E-state index contributed by atoms with van der Waals surface area (Å²) < 4.78 is 2.02. The highest BCUT2D eigenvalue weighted by atomic mass is 15.2. The molecule has 1 heterocycles. The third kappa shape index (κ3) is 1.60. The first-order chi connectivity index (χ1) is 4.70. The zero-order chi connectivity index (χ0) is 7.56. The minimum absolute atomic E-state index is 0.465. The first kappa shape index (κ1) is 7.34. The molecular formula is C6H16N4+2. The predicted molar refractivity (Wildman–Crippen MR) is 40.0 cm³/mol. The van der Waals surface area contributed by atoms with E-state index in [9.17, 15) is 0 Å². The maximum Gasteiger partial charge on any atom is 0.341 e. The molecule has 0 aromatic carbocycles. The van der Waals surface area contributed by atoms with Crippen LogP contribution in [-0.4, -0.2) is 43.8 Å². The van der Waals surface area contributed by atoms with Crippen LogP contribution >= 0.6 is 0 Å². The molecule has 1 aliphatic heterocycles. The first-order valence-electron chi connectivity index (χ1n) is 3.64. The van der Waals surface area contributed by atoms with E-state index in [0.717, 1.165) is 26.2 Å². The Morgan fingerprint density at radius 1 is 1.30 bits per heavy atom. The van der Waals surface area contributed by atoms with Crippen LogP contribution in [-0.2, 0) is 0 Å². The van der Waals surface area contributed by atoms with Gasteiger partial charge in [-0.15, -0.1) is 0 Å². The molecule has 10 heavy (non-hydrogen) atoms. The van der Waals surface area contributed by atoms with Crippen LogP contribution in [0.15, 0.2) is 0 Å². The summed E-state index contributed by atoms with van der Waals surface area (Å²) in [6, 6.07) is 0. The van der Waals surface area contributed by atoms with Gasteiger partial charge in [-0.25, -0.2) is 0 Å². The Hall–Kier alpha value is -0.770. The summed E-state index contributed by atoms with van der Waals surface area (Å²) in [6.07, 6.45) is 0. The molecule has 0 amide bonds. The van der Waals surface area contributed by atoms with Gasteiger partial charge in [0.15, 0.2) is 0 Å². The fourth-order valence-electron chi connectivity index (χ4n) is 1.15. The number of piperazine rings is 1. The topological polar surface area (TPSA) is 59.5 Å². The van der Waals surface area contributed by atoms with Crippen molar-refractivity contribution in [2.75, 3.05) is 33.2 Å². The normalized spacial score (nSPS) is 26.5. The van der Waals surface area contributed by atoms with Crippen LogP contribution in [0.4, 0.5) is 0 Å². The molecule has 0 aliphatic carbocycles. The lowest BCUT2D eigenvalue weighted by Gasteiger charge is -2.21. The fraction of sp³-hybridized carbons (Fsp3) is 0.833. The summed E-state index contributed by atoms with van der Waals surface area (Å²) in [6.45, 7) is 4.26. The molecule has 0 bridgehead atoms. The molecule has 1 aliphatic rings. The average molecular weight is 144 g/mol. The van der Waals surface area contributed by atoms with Gasteiger partial charge in [-0.05, 0) is 0 Å². The predicted octanol–water partition coefficient (Wildman–Crippen LogP) is -3.20. The molecule has 1 fully saturated rings. The van der Waals surface area contributed by atoms with Crippen molar-refractivity contribution < 1.29 is 9.48 Å². The van der Waals surface area contributed by atoms with Gasteiger partial charge in [0.2, 0.25) is 0 Å². The zero-order valence-electron chi connectivity index (χ0n) is 6.43. The van der Waals surface area contributed by atoms with Crippen LogP contribution in [0.2, 0.25) is 0 Å². The highest BCUT2D eigenvalue weighted by Gasteiger charge is 2.15. The van der Waals surface area contributed by atoms with Crippen molar-refractivity contribution in [2.24, 2.45) is 11.5 Å². The van der Waals surface area contributed by atoms with Crippen molar-refractivity contribution in [3.63, 3.8) is 0 Å². The highest BCUT2D eigenvalue weighted by molar-refractivity contribution is 5.70. The monoisotopic (exact) mass is 144 g/mol. The van der Waals surface area contributed by atoms with Crippen LogP contribution in [0.3, 0.4) is 0 Å². The van der Waals surface area contributed by atoms with Crippen molar-refractivity contribution in [3.8, 4) is 0 Å². The Balaban J connectivity index is 2.48. The number of nitrogens with two attached hydrogens (primary N) is 2. The highest BCUT2D eigenvalue weighted by Crippen LogP contribution is 1.74. The molecule has 58 valence electrons. The molecule has 0 spiro atoms. The zero-order valence-corrected chi connectivity index (χ0v) is 6.43. The molecule has 0 atom stereocenters. The van der Waals surface area contributed by atoms with Crippen LogP contribution in [0, 0.1) is 0 Å². The molecule has 1 rings (SSSR count). The van der Waals surface area contributed by atoms with E-state index in [1.54, 1.807) is 4.90 Å². The quantitative estimate of drug-likeness (QED) is 0.248. The third-order valence-corrected chi connectivity index (χ3v) is 1.98. The van der Waals surface area contributed by atoms with Crippen LogP contribution in [0.5, 0.6) is 0 Å². The largest absolute Gasteiger partial charge is 0.341 e. The number of nitrogens with zero attached hydrogens (tertiary/aromatic N) is 1. The lowest BCUT2D eigenvalue weighted by atomic mass is 10.4. The van der Waals surface area contributed by atoms with Crippen molar-refractivity contribution in [1.82, 2.24) is 0 Å². The minimum atomic E-state index is 0.465. The first-order valence-corrected chi connectivity index (χ1v) is 3.64. The molecule has 0 unspecified atom stereocenters. The van der Waals surface area contributed by atoms with Crippen LogP contribution in [0.1, 0.15) is 0 Å². The average Bonchev–Trinajstić information content (AvgIpc) is 1.88. The number of hydrogen-bond acceptors (Lipinski definition) is 0. The van der Waals surface area contributed by atoms with Gasteiger partial charge in [-0.2, -0.15) is 0 Å². The maximum absolute atomic E-state index is 5.42. The number of likely N-dealkylation sites (N-methyl/N-ethyl adjacent to an activating group) is 1. The second kappa shape index (κ2) is 2.88. The molecule has 4 nitrogen and oxygen atoms in total. The minimum Gasteiger partial charge on any atom is -0.332 e. The van der Waals surface area contributed by atoms with Gasteiger partial charge in [0, 0.05) is 0 Å². The summed E-state index contributed by atoms with van der Waals surface area (Å²) in [4.78, 5) is 1.55. The van der Waals surface area contributed by atoms with E-state index in [2.05, 4.69) is 7.05 Å².